The van der Waals surface area contributed by atoms with E-state index >= 15 is 4.79 Å². The fourth-order valence-electron chi connectivity index (χ4n) is 6.27. The molecule has 3 aromatic carbocycles. The number of rotatable bonds is 10. The van der Waals surface area contributed by atoms with E-state index in [1.165, 1.54) is 43.4 Å². The molecule has 44 heavy (non-hydrogen) atoms. The largest absolute Gasteiger partial charge is 0.497 e. The molecular formula is C32H37ClN4O6S. The molecule has 10 nitrogen and oxygen atoms in total. The number of hydrogen-bond acceptors (Lipinski definition) is 8. The number of amides is 2. The Balaban J connectivity index is 1.82. The van der Waals surface area contributed by atoms with Crippen LogP contribution in [0.25, 0.3) is 0 Å². The topological polar surface area (TPSA) is 108 Å². The van der Waals surface area contributed by atoms with Crippen LogP contribution in [0, 0.1) is 0 Å². The second-order valence-corrected chi connectivity index (χ2v) is 13.2. The van der Waals surface area contributed by atoms with Gasteiger partial charge in [-0.05, 0) is 73.5 Å². The first-order valence-corrected chi connectivity index (χ1v) is 16.2. The van der Waals surface area contributed by atoms with E-state index in [0.717, 1.165) is 16.4 Å². The molecule has 234 valence electrons. The van der Waals surface area contributed by atoms with Crippen molar-refractivity contribution in [2.45, 2.75) is 42.8 Å². The molecule has 1 saturated heterocycles. The van der Waals surface area contributed by atoms with Crippen LogP contribution in [-0.2, 0) is 31.7 Å². The molecule has 0 saturated carbocycles. The number of ether oxygens (including phenoxy) is 2. The number of nitrogens with zero attached hydrogens (tertiary/aromatic N) is 3. The molecule has 0 bridgehead atoms. The minimum absolute atomic E-state index is 0.0846. The summed E-state index contributed by atoms with van der Waals surface area (Å²) in [6, 6.07) is 15.4. The molecule has 2 amide bonds. The predicted octanol–water partition coefficient (Wildman–Crippen LogP) is 4.00. The van der Waals surface area contributed by atoms with Gasteiger partial charge in [0.25, 0.3) is 15.9 Å². The molecule has 1 fully saturated rings. The van der Waals surface area contributed by atoms with E-state index in [4.69, 9.17) is 21.1 Å². The van der Waals surface area contributed by atoms with Crippen molar-refractivity contribution < 1.29 is 27.5 Å². The maximum Gasteiger partial charge on any atom is 0.271 e. The summed E-state index contributed by atoms with van der Waals surface area (Å²) >= 11 is 6.58. The monoisotopic (exact) mass is 640 g/mol. The third-order valence-corrected chi connectivity index (χ3v) is 10.2. The van der Waals surface area contributed by atoms with Gasteiger partial charge < -0.3 is 19.7 Å². The molecule has 2 atom stereocenters. The van der Waals surface area contributed by atoms with Gasteiger partial charge in [0.1, 0.15) is 11.5 Å². The summed E-state index contributed by atoms with van der Waals surface area (Å²) in [6.45, 7) is 3.70. The highest BCUT2D eigenvalue weighted by atomic mass is 35.5. The summed E-state index contributed by atoms with van der Waals surface area (Å²) in [7, 11) is 1.91. The Morgan fingerprint density at radius 3 is 2.41 bits per heavy atom. The molecule has 0 spiro atoms. The van der Waals surface area contributed by atoms with E-state index < -0.39 is 27.5 Å². The van der Waals surface area contributed by atoms with E-state index in [-0.39, 0.29) is 16.5 Å². The molecule has 5 rings (SSSR count). The van der Waals surface area contributed by atoms with Gasteiger partial charge in [0, 0.05) is 43.3 Å². The molecule has 1 N–H and O–H groups in total. The van der Waals surface area contributed by atoms with Crippen molar-refractivity contribution in [1.29, 1.82) is 0 Å². The number of halogens is 1. The van der Waals surface area contributed by atoms with Gasteiger partial charge in [-0.3, -0.25) is 14.5 Å². The molecule has 1 unspecified atom stereocenters. The fourth-order valence-corrected chi connectivity index (χ4v) is 7.90. The Morgan fingerprint density at radius 1 is 1.05 bits per heavy atom. The van der Waals surface area contributed by atoms with Gasteiger partial charge in [0.15, 0.2) is 5.54 Å². The van der Waals surface area contributed by atoms with E-state index in [2.05, 4.69) is 5.32 Å². The standard InChI is InChI=1S/C32H37ClN4O6S/c1-6-34-20-21-9-15-25(29(18-21)43-5)32(36-17-7-8-28(36)30(38)35(2)3)26-19-22(33)10-16-27(26)37(31(32)39)44(40,41)24-13-11-23(42-4)12-14-24/h9-16,18-19,28,34H,6-8,17,20H2,1-5H3/t28-,32?/m0/s1. The van der Waals surface area contributed by atoms with Crippen LogP contribution in [0.1, 0.15) is 36.5 Å². The number of benzene rings is 3. The lowest BCUT2D eigenvalue weighted by atomic mass is 9.80. The van der Waals surface area contributed by atoms with Crippen molar-refractivity contribution in [3.05, 3.63) is 82.4 Å². The van der Waals surface area contributed by atoms with Crippen LogP contribution in [0.4, 0.5) is 5.69 Å². The lowest BCUT2D eigenvalue weighted by Crippen LogP contribution is -2.59. The quantitative estimate of drug-likeness (QED) is 0.354. The van der Waals surface area contributed by atoms with Crippen LogP contribution in [0.2, 0.25) is 5.02 Å². The van der Waals surface area contributed by atoms with Crippen LogP contribution >= 0.6 is 11.6 Å². The Morgan fingerprint density at radius 2 is 1.77 bits per heavy atom. The van der Waals surface area contributed by atoms with Crippen LogP contribution < -0.4 is 19.1 Å². The van der Waals surface area contributed by atoms with E-state index in [1.807, 2.05) is 24.0 Å². The minimum Gasteiger partial charge on any atom is -0.497 e. The van der Waals surface area contributed by atoms with Crippen LogP contribution in [0.5, 0.6) is 11.5 Å². The number of likely N-dealkylation sites (tertiary alicyclic amines) is 1. The molecule has 2 aliphatic rings. The zero-order valence-electron chi connectivity index (χ0n) is 25.5. The molecule has 12 heteroatoms. The second kappa shape index (κ2) is 12.4. The number of likely N-dealkylation sites (N-methyl/N-ethyl adjacent to an activating group) is 1. The first kappa shape index (κ1) is 31.8. The van der Waals surface area contributed by atoms with Gasteiger partial charge >= 0.3 is 0 Å². The number of carbonyl (C=O) groups excluding carboxylic acids is 2. The van der Waals surface area contributed by atoms with Gasteiger partial charge in [-0.25, -0.2) is 12.7 Å². The number of carbonyl (C=O) groups is 2. The molecule has 0 aliphatic carbocycles. The highest BCUT2D eigenvalue weighted by Crippen LogP contribution is 2.55. The van der Waals surface area contributed by atoms with Crippen LogP contribution in [-0.4, -0.2) is 77.5 Å². The summed E-state index contributed by atoms with van der Waals surface area (Å²) in [4.78, 5) is 32.1. The van der Waals surface area contributed by atoms with Crippen molar-refractivity contribution >= 4 is 39.1 Å². The summed E-state index contributed by atoms with van der Waals surface area (Å²) in [6.07, 6.45) is 1.12. The molecular weight excluding hydrogens is 604 g/mol. The Bertz CT molecular complexity index is 1680. The third-order valence-electron chi connectivity index (χ3n) is 8.30. The summed E-state index contributed by atoms with van der Waals surface area (Å²) < 4.78 is 40.7. The molecule has 0 radical (unpaired) electrons. The first-order chi connectivity index (χ1) is 21.0. The number of nitrogens with one attached hydrogen (secondary N) is 1. The summed E-state index contributed by atoms with van der Waals surface area (Å²) in [5.74, 6) is -0.0479. The van der Waals surface area contributed by atoms with Gasteiger partial charge in [0.2, 0.25) is 5.91 Å². The Hall–Kier alpha value is -3.64. The van der Waals surface area contributed by atoms with Crippen molar-refractivity contribution in [3.8, 4) is 11.5 Å². The second-order valence-electron chi connectivity index (χ2n) is 11.0. The number of sulfonamides is 1. The minimum atomic E-state index is -4.43. The van der Waals surface area contributed by atoms with Gasteiger partial charge in [-0.15, -0.1) is 0 Å². The fraction of sp³-hybridized carbons (Fsp3) is 0.375. The van der Waals surface area contributed by atoms with Crippen LogP contribution in [0.3, 0.4) is 0 Å². The SMILES string of the molecule is CCNCc1ccc(C2(N3CCC[C@H]3C(=O)N(C)C)C(=O)N(S(=O)(=O)c3ccc(OC)cc3)c3ccc(Cl)cc32)c(OC)c1. The maximum absolute atomic E-state index is 15.2. The number of hydrogen-bond donors (Lipinski definition) is 1. The molecule has 2 heterocycles. The van der Waals surface area contributed by atoms with E-state index in [0.29, 0.717) is 53.6 Å². The number of anilines is 1. The Kier molecular flexibility index (Phi) is 8.95. The number of fused-ring (bicyclic) bond motifs is 1. The first-order valence-electron chi connectivity index (χ1n) is 14.4. The third kappa shape index (κ3) is 5.11. The maximum atomic E-state index is 15.2. The predicted molar refractivity (Wildman–Crippen MR) is 169 cm³/mol. The average Bonchev–Trinajstić information content (AvgIpc) is 3.60. The van der Waals surface area contributed by atoms with Crippen molar-refractivity contribution in [2.24, 2.45) is 0 Å². The van der Waals surface area contributed by atoms with Crippen molar-refractivity contribution in [1.82, 2.24) is 15.1 Å². The van der Waals surface area contributed by atoms with Gasteiger partial charge in [-0.2, -0.15) is 0 Å². The smallest absolute Gasteiger partial charge is 0.271 e. The molecule has 3 aromatic rings. The molecule has 2 aliphatic heterocycles. The average molecular weight is 641 g/mol. The number of methoxy groups -OCH3 is 2. The van der Waals surface area contributed by atoms with E-state index in [1.54, 1.807) is 38.4 Å². The zero-order valence-corrected chi connectivity index (χ0v) is 27.0. The van der Waals surface area contributed by atoms with Crippen molar-refractivity contribution in [3.63, 3.8) is 0 Å². The summed E-state index contributed by atoms with van der Waals surface area (Å²) in [5, 5.41) is 3.61. The lowest BCUT2D eigenvalue weighted by Gasteiger charge is -2.42. The van der Waals surface area contributed by atoms with Crippen molar-refractivity contribution in [2.75, 3.05) is 45.7 Å². The summed E-state index contributed by atoms with van der Waals surface area (Å²) in [5.41, 5.74) is 0.138. The van der Waals surface area contributed by atoms with Gasteiger partial charge in [0.05, 0.1) is 30.8 Å². The van der Waals surface area contributed by atoms with Gasteiger partial charge in [-0.1, -0.05) is 30.7 Å². The highest BCUT2D eigenvalue weighted by molar-refractivity contribution is 7.93. The lowest BCUT2D eigenvalue weighted by molar-refractivity contribution is -0.138. The Labute approximate surface area is 263 Å². The zero-order chi connectivity index (χ0) is 31.8. The normalized spacial score (nSPS) is 20.1. The highest BCUT2D eigenvalue weighted by Gasteiger charge is 2.63. The molecule has 0 aromatic heterocycles. The van der Waals surface area contributed by atoms with Crippen LogP contribution in [0.15, 0.2) is 65.6 Å². The van der Waals surface area contributed by atoms with E-state index in [9.17, 15) is 13.2 Å².